The Hall–Kier alpha value is -2.92. The Labute approximate surface area is 168 Å². The summed E-state index contributed by atoms with van der Waals surface area (Å²) >= 11 is 5.81. The van der Waals surface area contributed by atoms with Gasteiger partial charge in [-0.15, -0.1) is 0 Å². The van der Waals surface area contributed by atoms with Gasteiger partial charge in [0.2, 0.25) is 5.91 Å². The molecule has 0 unspecified atom stereocenters. The average Bonchev–Trinajstić information content (AvgIpc) is 2.72. The number of nitrogens with zero attached hydrogens (tertiary/aromatic N) is 1. The van der Waals surface area contributed by atoms with Crippen molar-refractivity contribution in [3.8, 4) is 5.75 Å². The Bertz CT molecular complexity index is 952. The van der Waals surface area contributed by atoms with Crippen LogP contribution < -0.4 is 10.1 Å². The third-order valence-corrected chi connectivity index (χ3v) is 4.49. The Morgan fingerprint density at radius 2 is 1.79 bits per heavy atom. The molecule has 0 bridgehead atoms. The Kier molecular flexibility index (Phi) is 6.98. The van der Waals surface area contributed by atoms with E-state index in [4.69, 9.17) is 16.3 Å². The summed E-state index contributed by atoms with van der Waals surface area (Å²) in [5, 5.41) is 4.42. The summed E-state index contributed by atoms with van der Waals surface area (Å²) in [6, 6.07) is 16.3. The second kappa shape index (κ2) is 9.85. The van der Waals surface area contributed by atoms with Gasteiger partial charge in [0.25, 0.3) is 0 Å². The zero-order valence-electron chi connectivity index (χ0n) is 15.4. The molecule has 0 aliphatic carbocycles. The molecule has 0 atom stereocenters. The van der Waals surface area contributed by atoms with Gasteiger partial charge in [0.15, 0.2) is 5.78 Å². The fourth-order valence-electron chi connectivity index (χ4n) is 2.77. The number of ketones is 1. The summed E-state index contributed by atoms with van der Waals surface area (Å²) in [4.78, 5) is 28.3. The first-order chi connectivity index (χ1) is 13.6. The van der Waals surface area contributed by atoms with Gasteiger partial charge in [-0.05, 0) is 42.8 Å². The summed E-state index contributed by atoms with van der Waals surface area (Å²) in [6.07, 6.45) is 2.74. The molecule has 5 nitrogen and oxygen atoms in total. The second-order valence-corrected chi connectivity index (χ2v) is 6.75. The summed E-state index contributed by atoms with van der Waals surface area (Å²) in [5.41, 5.74) is 1.39. The van der Waals surface area contributed by atoms with Crippen molar-refractivity contribution in [1.82, 2.24) is 10.3 Å². The molecule has 144 valence electrons. The minimum absolute atomic E-state index is 0.0707. The minimum Gasteiger partial charge on any atom is -0.491 e. The number of hydrogen-bond acceptors (Lipinski definition) is 4. The molecule has 2 aromatic carbocycles. The number of amides is 1. The van der Waals surface area contributed by atoms with Crippen LogP contribution in [0.2, 0.25) is 5.02 Å². The lowest BCUT2D eigenvalue weighted by molar-refractivity contribution is -0.121. The van der Waals surface area contributed by atoms with Gasteiger partial charge in [0.05, 0.1) is 6.61 Å². The van der Waals surface area contributed by atoms with Crippen LogP contribution in [-0.2, 0) is 4.79 Å². The van der Waals surface area contributed by atoms with E-state index in [1.165, 1.54) is 0 Å². The maximum Gasteiger partial charge on any atom is 0.220 e. The highest BCUT2D eigenvalue weighted by atomic mass is 35.5. The fourth-order valence-corrected chi connectivity index (χ4v) is 2.90. The first-order valence-electron chi connectivity index (χ1n) is 9.15. The lowest BCUT2D eigenvalue weighted by Gasteiger charge is -2.09. The number of nitrogens with one attached hydrogen (secondary N) is 1. The molecule has 3 rings (SSSR count). The van der Waals surface area contributed by atoms with Crippen LogP contribution in [0.5, 0.6) is 5.75 Å². The van der Waals surface area contributed by atoms with Crippen molar-refractivity contribution in [3.63, 3.8) is 0 Å². The molecule has 0 saturated carbocycles. The predicted molar refractivity (Wildman–Crippen MR) is 110 cm³/mol. The van der Waals surface area contributed by atoms with Crippen molar-refractivity contribution in [2.75, 3.05) is 13.2 Å². The monoisotopic (exact) mass is 396 g/mol. The van der Waals surface area contributed by atoms with Crippen LogP contribution in [0, 0.1) is 0 Å². The van der Waals surface area contributed by atoms with Crippen LogP contribution in [0.15, 0.2) is 60.8 Å². The molecule has 1 amide bonds. The van der Waals surface area contributed by atoms with Gasteiger partial charge in [-0.2, -0.15) is 0 Å². The van der Waals surface area contributed by atoms with Gasteiger partial charge in [0, 0.05) is 41.6 Å². The molecule has 6 heteroatoms. The Morgan fingerprint density at radius 1 is 1.00 bits per heavy atom. The first-order valence-corrected chi connectivity index (χ1v) is 9.53. The molecule has 28 heavy (non-hydrogen) atoms. The van der Waals surface area contributed by atoms with Crippen LogP contribution in [0.25, 0.3) is 10.9 Å². The van der Waals surface area contributed by atoms with E-state index in [9.17, 15) is 9.59 Å². The number of carbonyl (C=O) groups excluding carboxylic acids is 2. The lowest BCUT2D eigenvalue weighted by atomic mass is 10.1. The molecule has 1 aromatic heterocycles. The summed E-state index contributed by atoms with van der Waals surface area (Å²) < 4.78 is 5.79. The molecule has 1 heterocycles. The number of aromatic nitrogens is 1. The fraction of sp³-hybridized carbons (Fsp3) is 0.227. The Morgan fingerprint density at radius 3 is 2.61 bits per heavy atom. The highest BCUT2D eigenvalue weighted by Crippen LogP contribution is 2.22. The zero-order chi connectivity index (χ0) is 19.8. The van der Waals surface area contributed by atoms with Crippen molar-refractivity contribution in [2.45, 2.75) is 19.3 Å². The number of hydrogen-bond donors (Lipinski definition) is 1. The highest BCUT2D eigenvalue weighted by molar-refractivity contribution is 6.30. The van der Waals surface area contributed by atoms with E-state index in [2.05, 4.69) is 10.3 Å². The van der Waals surface area contributed by atoms with Crippen molar-refractivity contribution in [3.05, 3.63) is 71.4 Å². The molecule has 1 N–H and O–H groups in total. The summed E-state index contributed by atoms with van der Waals surface area (Å²) in [7, 11) is 0. The van der Waals surface area contributed by atoms with E-state index in [1.807, 2.05) is 30.3 Å². The zero-order valence-corrected chi connectivity index (χ0v) is 16.1. The molecule has 0 fully saturated rings. The number of benzene rings is 2. The van der Waals surface area contributed by atoms with E-state index in [-0.39, 0.29) is 24.5 Å². The van der Waals surface area contributed by atoms with Crippen molar-refractivity contribution >= 4 is 34.2 Å². The standard InChI is InChI=1S/C22H21ClN2O3/c23-18-9-7-16(8-10-18)19(26)11-12-21(27)24-14-3-15-28-20-6-1-4-17-5-2-13-25-22(17)20/h1-2,4-10,13H,3,11-12,14-15H2,(H,24,27). The molecule has 0 aliphatic rings. The Balaban J connectivity index is 1.35. The largest absolute Gasteiger partial charge is 0.491 e. The van der Waals surface area contributed by atoms with Crippen LogP contribution in [0.3, 0.4) is 0 Å². The second-order valence-electron chi connectivity index (χ2n) is 6.31. The minimum atomic E-state index is -0.144. The van der Waals surface area contributed by atoms with Gasteiger partial charge >= 0.3 is 0 Å². The number of rotatable bonds is 9. The van der Waals surface area contributed by atoms with Crippen molar-refractivity contribution in [1.29, 1.82) is 0 Å². The van der Waals surface area contributed by atoms with E-state index in [1.54, 1.807) is 30.5 Å². The van der Waals surface area contributed by atoms with Crippen LogP contribution in [0.1, 0.15) is 29.6 Å². The van der Waals surface area contributed by atoms with Crippen molar-refractivity contribution in [2.24, 2.45) is 0 Å². The number of Topliss-reactive ketones (excluding diaryl/α,β-unsaturated/α-hetero) is 1. The third-order valence-electron chi connectivity index (χ3n) is 4.24. The number of halogens is 1. The highest BCUT2D eigenvalue weighted by Gasteiger charge is 2.09. The predicted octanol–water partition coefficient (Wildman–Crippen LogP) is 4.44. The number of para-hydroxylation sites is 1. The van der Waals surface area contributed by atoms with Gasteiger partial charge < -0.3 is 10.1 Å². The maximum atomic E-state index is 12.1. The smallest absolute Gasteiger partial charge is 0.220 e. The van der Waals surface area contributed by atoms with Crippen molar-refractivity contribution < 1.29 is 14.3 Å². The number of carbonyl (C=O) groups is 2. The molecular formula is C22H21ClN2O3. The normalized spacial score (nSPS) is 10.6. The van der Waals surface area contributed by atoms with Gasteiger partial charge in [-0.3, -0.25) is 14.6 Å². The number of fused-ring (bicyclic) bond motifs is 1. The van der Waals surface area contributed by atoms with E-state index < -0.39 is 0 Å². The summed E-state index contributed by atoms with van der Waals surface area (Å²) in [5.74, 6) is 0.519. The van der Waals surface area contributed by atoms with E-state index in [0.717, 1.165) is 16.7 Å². The van der Waals surface area contributed by atoms with Gasteiger partial charge in [0.1, 0.15) is 11.3 Å². The summed E-state index contributed by atoms with van der Waals surface area (Å²) in [6.45, 7) is 0.964. The number of ether oxygens (including phenoxy) is 1. The molecular weight excluding hydrogens is 376 g/mol. The van der Waals surface area contributed by atoms with Crippen LogP contribution in [0.4, 0.5) is 0 Å². The third kappa shape index (κ3) is 5.54. The number of pyridine rings is 1. The average molecular weight is 397 g/mol. The molecule has 3 aromatic rings. The van der Waals surface area contributed by atoms with E-state index >= 15 is 0 Å². The molecule has 0 radical (unpaired) electrons. The van der Waals surface area contributed by atoms with Gasteiger partial charge in [-0.1, -0.05) is 29.8 Å². The van der Waals surface area contributed by atoms with Gasteiger partial charge in [-0.25, -0.2) is 0 Å². The molecule has 0 saturated heterocycles. The van der Waals surface area contributed by atoms with Crippen LogP contribution >= 0.6 is 11.6 Å². The van der Waals surface area contributed by atoms with Crippen LogP contribution in [-0.4, -0.2) is 29.8 Å². The quantitative estimate of drug-likeness (QED) is 0.429. The van der Waals surface area contributed by atoms with E-state index in [0.29, 0.717) is 30.2 Å². The molecule has 0 spiro atoms. The maximum absolute atomic E-state index is 12.1. The first kappa shape index (κ1) is 19.8. The SMILES string of the molecule is O=C(CCC(=O)c1ccc(Cl)cc1)NCCCOc1cccc2cccnc12. The molecule has 0 aliphatic heterocycles. The lowest BCUT2D eigenvalue weighted by Crippen LogP contribution is -2.26. The topological polar surface area (TPSA) is 68.3 Å².